The van der Waals surface area contributed by atoms with E-state index < -0.39 is 4.92 Å². The van der Waals surface area contributed by atoms with E-state index in [1.807, 2.05) is 26.0 Å². The minimum absolute atomic E-state index is 0.133. The van der Waals surface area contributed by atoms with Gasteiger partial charge in [-0.1, -0.05) is 42.1 Å². The molecule has 1 aliphatic carbocycles. The van der Waals surface area contributed by atoms with Crippen LogP contribution >= 0.6 is 31.9 Å². The first kappa shape index (κ1) is 25.5. The summed E-state index contributed by atoms with van der Waals surface area (Å²) in [5, 5.41) is 16.7. The smallest absolute Gasteiger partial charge is 0.312 e. The molecule has 0 amide bonds. The number of rotatable bonds is 7. The summed E-state index contributed by atoms with van der Waals surface area (Å²) >= 11 is 6.83. The van der Waals surface area contributed by atoms with Gasteiger partial charge in [0.25, 0.3) is 5.56 Å². The Balaban J connectivity index is 1.81. The van der Waals surface area contributed by atoms with Gasteiger partial charge in [-0.3, -0.25) is 14.9 Å². The molecule has 1 heterocycles. The summed E-state index contributed by atoms with van der Waals surface area (Å²) < 4.78 is 8.37. The summed E-state index contributed by atoms with van der Waals surface area (Å²) in [6.07, 6.45) is 7.23. The minimum Gasteiger partial charge on any atom is -0.483 e. The van der Waals surface area contributed by atoms with Gasteiger partial charge in [-0.05, 0) is 66.4 Å². The van der Waals surface area contributed by atoms with Crippen LogP contribution in [0.15, 0.2) is 49.2 Å². The van der Waals surface area contributed by atoms with Crippen molar-refractivity contribution < 1.29 is 9.66 Å². The second-order valence-electron chi connectivity index (χ2n) is 8.77. The quantitative estimate of drug-likeness (QED) is 0.165. The molecule has 0 N–H and O–H groups in total. The van der Waals surface area contributed by atoms with Crippen molar-refractivity contribution in [2.24, 2.45) is 5.10 Å². The van der Waals surface area contributed by atoms with E-state index in [1.54, 1.807) is 12.1 Å². The Labute approximate surface area is 219 Å². The highest BCUT2D eigenvalue weighted by molar-refractivity contribution is 9.10. The van der Waals surface area contributed by atoms with Crippen molar-refractivity contribution in [2.45, 2.75) is 64.4 Å². The SMILES string of the molecule is CC[C@H](C)Oc1c(Br)cc(C=Nn2c(C3CCCCC3)nc3ccc(Br)cc3c2=O)cc1[N+](=O)[O-]. The number of hydrogen-bond acceptors (Lipinski definition) is 6. The van der Waals surface area contributed by atoms with Crippen molar-refractivity contribution in [1.82, 2.24) is 9.66 Å². The third kappa shape index (κ3) is 5.64. The number of nitro groups is 1. The summed E-state index contributed by atoms with van der Waals surface area (Å²) in [5.41, 5.74) is 0.672. The highest BCUT2D eigenvalue weighted by atomic mass is 79.9. The zero-order valence-electron chi connectivity index (χ0n) is 19.5. The first-order valence-corrected chi connectivity index (χ1v) is 13.3. The van der Waals surface area contributed by atoms with E-state index in [9.17, 15) is 14.9 Å². The summed E-state index contributed by atoms with van der Waals surface area (Å²) in [6, 6.07) is 8.54. The number of hydrogen-bond donors (Lipinski definition) is 0. The summed E-state index contributed by atoms with van der Waals surface area (Å²) in [5.74, 6) is 0.943. The van der Waals surface area contributed by atoms with Crippen molar-refractivity contribution in [2.75, 3.05) is 0 Å². The second-order valence-corrected chi connectivity index (χ2v) is 10.5. The van der Waals surface area contributed by atoms with Crippen LogP contribution in [-0.2, 0) is 0 Å². The molecule has 35 heavy (non-hydrogen) atoms. The Morgan fingerprint density at radius 1 is 1.26 bits per heavy atom. The van der Waals surface area contributed by atoms with E-state index in [-0.39, 0.29) is 29.0 Å². The van der Waals surface area contributed by atoms with Crippen molar-refractivity contribution in [3.63, 3.8) is 0 Å². The highest BCUT2D eigenvalue weighted by Crippen LogP contribution is 2.37. The average Bonchev–Trinajstić information content (AvgIpc) is 2.85. The van der Waals surface area contributed by atoms with Crippen LogP contribution in [0.25, 0.3) is 10.9 Å². The number of halogens is 2. The molecule has 1 aliphatic rings. The largest absolute Gasteiger partial charge is 0.483 e. The van der Waals surface area contributed by atoms with E-state index in [0.29, 0.717) is 33.2 Å². The molecule has 4 rings (SSSR count). The molecule has 1 saturated carbocycles. The Hall–Kier alpha value is -2.59. The summed E-state index contributed by atoms with van der Waals surface area (Å²) in [6.45, 7) is 3.80. The maximum absolute atomic E-state index is 13.5. The lowest BCUT2D eigenvalue weighted by molar-refractivity contribution is -0.386. The van der Waals surface area contributed by atoms with Crippen LogP contribution in [0.1, 0.15) is 69.7 Å². The van der Waals surface area contributed by atoms with Crippen LogP contribution in [-0.4, -0.2) is 26.9 Å². The van der Waals surface area contributed by atoms with Gasteiger partial charge in [0.15, 0.2) is 0 Å². The van der Waals surface area contributed by atoms with Gasteiger partial charge < -0.3 is 4.74 Å². The van der Waals surface area contributed by atoms with Gasteiger partial charge in [0.2, 0.25) is 5.75 Å². The third-order valence-electron chi connectivity index (χ3n) is 6.26. The molecular weight excluding hydrogens is 580 g/mol. The molecule has 8 nitrogen and oxygen atoms in total. The first-order valence-electron chi connectivity index (χ1n) is 11.7. The molecule has 0 aliphatic heterocycles. The van der Waals surface area contributed by atoms with Crippen LogP contribution in [0.4, 0.5) is 5.69 Å². The number of benzene rings is 2. The van der Waals surface area contributed by atoms with Crippen molar-refractivity contribution >= 4 is 54.7 Å². The zero-order valence-corrected chi connectivity index (χ0v) is 22.7. The molecule has 10 heteroatoms. The fraction of sp³-hybridized carbons (Fsp3) is 0.400. The van der Waals surface area contributed by atoms with Crippen LogP contribution in [0.2, 0.25) is 0 Å². The molecule has 0 saturated heterocycles. The van der Waals surface area contributed by atoms with Crippen molar-refractivity contribution in [1.29, 1.82) is 0 Å². The Morgan fingerprint density at radius 2 is 2.00 bits per heavy atom. The molecule has 2 aromatic carbocycles. The molecule has 184 valence electrons. The van der Waals surface area contributed by atoms with E-state index in [2.05, 4.69) is 37.0 Å². The number of nitro benzene ring substituents is 1. The van der Waals surface area contributed by atoms with Crippen LogP contribution < -0.4 is 10.3 Å². The van der Waals surface area contributed by atoms with Crippen LogP contribution in [0, 0.1) is 10.1 Å². The second kappa shape index (κ2) is 11.0. The Morgan fingerprint density at radius 3 is 2.69 bits per heavy atom. The van der Waals surface area contributed by atoms with Gasteiger partial charge in [-0.25, -0.2) is 4.98 Å². The van der Waals surface area contributed by atoms with Crippen LogP contribution in [0.5, 0.6) is 5.75 Å². The number of fused-ring (bicyclic) bond motifs is 1. The molecular formula is C25H26Br2N4O4. The fourth-order valence-electron chi connectivity index (χ4n) is 4.24. The van der Waals surface area contributed by atoms with Crippen LogP contribution in [0.3, 0.4) is 0 Å². The first-order chi connectivity index (χ1) is 16.8. The third-order valence-corrected chi connectivity index (χ3v) is 7.35. The molecule has 1 fully saturated rings. The average molecular weight is 606 g/mol. The maximum atomic E-state index is 13.5. The Bertz CT molecular complexity index is 1350. The molecule has 1 atom stereocenters. The van der Waals surface area contributed by atoms with E-state index in [4.69, 9.17) is 9.72 Å². The van der Waals surface area contributed by atoms with E-state index in [0.717, 1.165) is 30.2 Å². The summed E-state index contributed by atoms with van der Waals surface area (Å²) in [4.78, 5) is 29.6. The van der Waals surface area contributed by atoms with Gasteiger partial charge in [-0.2, -0.15) is 9.78 Å². The van der Waals surface area contributed by atoms with E-state index in [1.165, 1.54) is 23.4 Å². The zero-order chi connectivity index (χ0) is 25.1. The molecule has 0 spiro atoms. The summed E-state index contributed by atoms with van der Waals surface area (Å²) in [7, 11) is 0. The standard InChI is InChI=1S/C25H26Br2N4O4/c1-3-15(2)35-23-20(27)11-16(12-22(23)31(33)34)14-28-30-24(17-7-5-4-6-8-17)29-21-10-9-18(26)13-19(21)25(30)32/h9-15,17H,3-8H2,1-2H3/t15-/m0/s1. The van der Waals surface area contributed by atoms with Gasteiger partial charge in [0, 0.05) is 22.0 Å². The topological polar surface area (TPSA) is 99.6 Å². The molecule has 1 aromatic heterocycles. The van der Waals surface area contributed by atoms with Gasteiger partial charge in [0.05, 0.1) is 32.6 Å². The number of ether oxygens (including phenoxy) is 1. The fourth-order valence-corrected chi connectivity index (χ4v) is 5.16. The van der Waals surface area contributed by atoms with Crippen molar-refractivity contribution in [3.8, 4) is 5.75 Å². The maximum Gasteiger partial charge on any atom is 0.312 e. The Kier molecular flexibility index (Phi) is 8.01. The van der Waals surface area contributed by atoms with E-state index >= 15 is 0 Å². The van der Waals surface area contributed by atoms with Gasteiger partial charge in [-0.15, -0.1) is 0 Å². The number of nitrogens with zero attached hydrogens (tertiary/aromatic N) is 4. The van der Waals surface area contributed by atoms with Gasteiger partial charge in [0.1, 0.15) is 5.82 Å². The molecule has 3 aromatic rings. The highest BCUT2D eigenvalue weighted by Gasteiger charge is 2.24. The molecule has 0 radical (unpaired) electrons. The molecule has 0 unspecified atom stereocenters. The lowest BCUT2D eigenvalue weighted by Gasteiger charge is -2.22. The van der Waals surface area contributed by atoms with Gasteiger partial charge >= 0.3 is 5.69 Å². The lowest BCUT2D eigenvalue weighted by Crippen LogP contribution is -2.25. The van der Waals surface area contributed by atoms with Crippen molar-refractivity contribution in [3.05, 3.63) is 71.1 Å². The monoisotopic (exact) mass is 604 g/mol. The minimum atomic E-state index is -0.478. The normalized spacial score (nSPS) is 15.5. The predicted octanol–water partition coefficient (Wildman–Crippen LogP) is 6.94. The molecule has 0 bridgehead atoms. The predicted molar refractivity (Wildman–Crippen MR) is 144 cm³/mol. The lowest BCUT2D eigenvalue weighted by atomic mass is 9.88. The number of aromatic nitrogens is 2.